The van der Waals surface area contributed by atoms with Crippen molar-refractivity contribution in [1.82, 2.24) is 29.9 Å². The van der Waals surface area contributed by atoms with Crippen molar-refractivity contribution in [2.75, 3.05) is 5.32 Å². The van der Waals surface area contributed by atoms with E-state index in [1.165, 1.54) is 0 Å². The van der Waals surface area contributed by atoms with Crippen molar-refractivity contribution < 1.29 is 0 Å². The Hall–Kier alpha value is -3.22. The van der Waals surface area contributed by atoms with Gasteiger partial charge in [0.25, 0.3) is 0 Å². The summed E-state index contributed by atoms with van der Waals surface area (Å²) in [7, 11) is 1.94. The lowest BCUT2D eigenvalue weighted by Crippen LogP contribution is -2.11. The van der Waals surface area contributed by atoms with Crippen LogP contribution in [-0.4, -0.2) is 36.0 Å². The highest BCUT2D eigenvalue weighted by Crippen LogP contribution is 2.32. The normalized spacial score (nSPS) is 11.4. The summed E-state index contributed by atoms with van der Waals surface area (Å²) in [4.78, 5) is 9.04. The molecular formula is C19H21N7. The molecule has 0 spiro atoms. The average molecular weight is 347 g/mol. The molecule has 0 radical (unpaired) electrons. The molecule has 2 N–H and O–H groups in total. The van der Waals surface area contributed by atoms with Gasteiger partial charge in [0.1, 0.15) is 11.5 Å². The highest BCUT2D eigenvalue weighted by atomic mass is 15.3. The van der Waals surface area contributed by atoms with Crippen LogP contribution in [0.15, 0.2) is 36.8 Å². The van der Waals surface area contributed by atoms with Gasteiger partial charge in [0, 0.05) is 36.7 Å². The zero-order chi connectivity index (χ0) is 18.3. The highest BCUT2D eigenvalue weighted by molar-refractivity contribution is 6.00. The molecule has 7 heteroatoms. The molecule has 0 bridgehead atoms. The molecule has 0 saturated heterocycles. The molecule has 0 atom stereocenters. The third-order valence-corrected chi connectivity index (χ3v) is 4.45. The fourth-order valence-electron chi connectivity index (χ4n) is 3.04. The number of nitrogens with one attached hydrogen (secondary N) is 2. The molecule has 0 aliphatic heterocycles. The van der Waals surface area contributed by atoms with Crippen molar-refractivity contribution >= 4 is 16.7 Å². The van der Waals surface area contributed by atoms with Gasteiger partial charge in [-0.1, -0.05) is 0 Å². The molecule has 7 nitrogen and oxygen atoms in total. The summed E-state index contributed by atoms with van der Waals surface area (Å²) in [6, 6.07) is 6.24. The Morgan fingerprint density at radius 1 is 1.15 bits per heavy atom. The van der Waals surface area contributed by atoms with E-state index in [9.17, 15) is 0 Å². The molecule has 4 heterocycles. The molecule has 4 aromatic rings. The van der Waals surface area contributed by atoms with E-state index in [1.54, 1.807) is 6.20 Å². The van der Waals surface area contributed by atoms with Crippen LogP contribution >= 0.6 is 0 Å². The number of hydrogen-bond acceptors (Lipinski definition) is 5. The fourth-order valence-corrected chi connectivity index (χ4v) is 3.04. The Kier molecular flexibility index (Phi) is 3.91. The van der Waals surface area contributed by atoms with Crippen LogP contribution in [-0.2, 0) is 7.05 Å². The minimum Gasteiger partial charge on any atom is -0.367 e. The maximum Gasteiger partial charge on any atom is 0.137 e. The molecule has 0 amide bonds. The smallest absolute Gasteiger partial charge is 0.137 e. The topological polar surface area (TPSA) is 84.3 Å². The number of nitrogens with zero attached hydrogens (tertiary/aromatic N) is 5. The second-order valence-electron chi connectivity index (χ2n) is 6.65. The summed E-state index contributed by atoms with van der Waals surface area (Å²) < 4.78 is 1.87. The second-order valence-corrected chi connectivity index (χ2v) is 6.65. The van der Waals surface area contributed by atoms with E-state index in [-0.39, 0.29) is 6.04 Å². The number of H-pyrrole nitrogens is 1. The van der Waals surface area contributed by atoms with Crippen LogP contribution in [0, 0.1) is 6.92 Å². The van der Waals surface area contributed by atoms with Gasteiger partial charge in [-0.2, -0.15) is 10.2 Å². The molecule has 0 aromatic carbocycles. The quantitative estimate of drug-likeness (QED) is 0.590. The Bertz CT molecular complexity index is 1070. The van der Waals surface area contributed by atoms with Gasteiger partial charge in [-0.05, 0) is 44.5 Å². The molecule has 26 heavy (non-hydrogen) atoms. The number of hydrogen-bond donors (Lipinski definition) is 2. The minimum atomic E-state index is 0.271. The first-order valence-electron chi connectivity index (χ1n) is 8.59. The first-order valence-corrected chi connectivity index (χ1v) is 8.59. The molecule has 0 aliphatic rings. The van der Waals surface area contributed by atoms with Crippen molar-refractivity contribution in [2.24, 2.45) is 7.05 Å². The lowest BCUT2D eigenvalue weighted by Gasteiger charge is -2.10. The Morgan fingerprint density at radius 2 is 1.96 bits per heavy atom. The average Bonchev–Trinajstić information content (AvgIpc) is 3.20. The summed E-state index contributed by atoms with van der Waals surface area (Å²) >= 11 is 0. The predicted molar refractivity (Wildman–Crippen MR) is 103 cm³/mol. The maximum atomic E-state index is 4.55. The number of aryl methyl sites for hydroxylation is 1. The Labute approximate surface area is 151 Å². The third-order valence-electron chi connectivity index (χ3n) is 4.45. The van der Waals surface area contributed by atoms with Crippen molar-refractivity contribution in [3.63, 3.8) is 0 Å². The summed E-state index contributed by atoms with van der Waals surface area (Å²) in [6.07, 6.45) is 5.46. The van der Waals surface area contributed by atoms with Crippen molar-refractivity contribution in [3.8, 4) is 22.5 Å². The summed E-state index contributed by atoms with van der Waals surface area (Å²) in [5.41, 5.74) is 5.80. The van der Waals surface area contributed by atoms with Crippen LogP contribution in [0.1, 0.15) is 19.5 Å². The van der Waals surface area contributed by atoms with Crippen molar-refractivity contribution in [3.05, 3.63) is 42.5 Å². The van der Waals surface area contributed by atoms with E-state index in [4.69, 9.17) is 0 Å². The predicted octanol–water partition coefficient (Wildman–Crippen LogP) is 3.55. The number of pyridine rings is 2. The Morgan fingerprint density at radius 3 is 2.69 bits per heavy atom. The van der Waals surface area contributed by atoms with Crippen LogP contribution in [0.4, 0.5) is 5.82 Å². The molecule has 0 saturated carbocycles. The van der Waals surface area contributed by atoms with Gasteiger partial charge >= 0.3 is 0 Å². The van der Waals surface area contributed by atoms with E-state index in [1.807, 2.05) is 42.3 Å². The summed E-state index contributed by atoms with van der Waals surface area (Å²) in [6.45, 7) is 6.23. The van der Waals surface area contributed by atoms with Crippen LogP contribution < -0.4 is 5.32 Å². The molecule has 0 aliphatic carbocycles. The number of aromatic nitrogens is 6. The largest absolute Gasteiger partial charge is 0.367 e. The lowest BCUT2D eigenvalue weighted by molar-refractivity contribution is 0.740. The highest BCUT2D eigenvalue weighted by Gasteiger charge is 2.16. The number of rotatable bonds is 4. The molecule has 4 rings (SSSR count). The zero-order valence-corrected chi connectivity index (χ0v) is 15.3. The van der Waals surface area contributed by atoms with Gasteiger partial charge in [-0.3, -0.25) is 14.8 Å². The SMILES string of the molecule is Cc1c(-c2ccnc(-c3n[nH]c4ccnc(NC(C)C)c34)c2)cnn1C. The third kappa shape index (κ3) is 2.71. The standard InChI is InChI=1S/C19H21N7/c1-11(2)23-19-17-15(6-8-21-19)24-25-18(17)16-9-13(5-7-20-16)14-10-22-26(4)12(14)3/h5-11H,1-4H3,(H,21,23)(H,24,25). The van der Waals surface area contributed by atoms with Crippen molar-refractivity contribution in [2.45, 2.75) is 26.8 Å². The first kappa shape index (κ1) is 16.3. The zero-order valence-electron chi connectivity index (χ0n) is 15.3. The van der Waals surface area contributed by atoms with E-state index in [0.717, 1.165) is 44.9 Å². The molecule has 4 aromatic heterocycles. The number of fused-ring (bicyclic) bond motifs is 1. The molecule has 0 fully saturated rings. The van der Waals surface area contributed by atoms with Crippen LogP contribution in [0.2, 0.25) is 0 Å². The fraction of sp³-hybridized carbons (Fsp3) is 0.263. The van der Waals surface area contributed by atoms with Crippen molar-refractivity contribution in [1.29, 1.82) is 0 Å². The summed E-state index contributed by atoms with van der Waals surface area (Å²) in [5, 5.41) is 16.3. The van der Waals surface area contributed by atoms with E-state index >= 15 is 0 Å². The maximum absolute atomic E-state index is 4.55. The molecule has 0 unspecified atom stereocenters. The van der Waals surface area contributed by atoms with E-state index in [2.05, 4.69) is 51.4 Å². The van der Waals surface area contributed by atoms with Crippen LogP contribution in [0.25, 0.3) is 33.4 Å². The Balaban J connectivity index is 1.86. The van der Waals surface area contributed by atoms with Gasteiger partial charge in [-0.15, -0.1) is 0 Å². The minimum absolute atomic E-state index is 0.271. The monoisotopic (exact) mass is 347 g/mol. The first-order chi connectivity index (χ1) is 12.5. The van der Waals surface area contributed by atoms with E-state index in [0.29, 0.717) is 0 Å². The van der Waals surface area contributed by atoms with Gasteiger partial charge in [0.15, 0.2) is 0 Å². The van der Waals surface area contributed by atoms with Gasteiger partial charge in [0.2, 0.25) is 0 Å². The number of aromatic amines is 1. The number of anilines is 1. The lowest BCUT2D eigenvalue weighted by atomic mass is 10.1. The van der Waals surface area contributed by atoms with Gasteiger partial charge in [0.05, 0.1) is 22.8 Å². The van der Waals surface area contributed by atoms with Crippen LogP contribution in [0.5, 0.6) is 0 Å². The molecule has 132 valence electrons. The summed E-state index contributed by atoms with van der Waals surface area (Å²) in [5.74, 6) is 0.811. The van der Waals surface area contributed by atoms with Gasteiger partial charge < -0.3 is 5.32 Å². The van der Waals surface area contributed by atoms with Gasteiger partial charge in [-0.25, -0.2) is 4.98 Å². The van der Waals surface area contributed by atoms with Crippen LogP contribution in [0.3, 0.4) is 0 Å². The second kappa shape index (κ2) is 6.25. The molecular weight excluding hydrogens is 326 g/mol. The van der Waals surface area contributed by atoms with E-state index < -0.39 is 0 Å².